The normalized spacial score (nSPS) is 52.6. The van der Waals surface area contributed by atoms with Crippen molar-refractivity contribution in [1.82, 2.24) is 0 Å². The third kappa shape index (κ3) is 1.32. The summed E-state index contributed by atoms with van der Waals surface area (Å²) in [5.74, 6) is 0.825. The molecule has 15 heavy (non-hydrogen) atoms. The van der Waals surface area contributed by atoms with Crippen molar-refractivity contribution in [3.05, 3.63) is 0 Å². The van der Waals surface area contributed by atoms with Crippen LogP contribution in [-0.2, 0) is 4.74 Å². The van der Waals surface area contributed by atoms with Crippen LogP contribution in [0.5, 0.6) is 0 Å². The van der Waals surface area contributed by atoms with Crippen LogP contribution in [0.1, 0.15) is 59.3 Å². The summed E-state index contributed by atoms with van der Waals surface area (Å²) in [6.45, 7) is 8.39. The quantitative estimate of drug-likeness (QED) is 0.589. The van der Waals surface area contributed by atoms with Crippen molar-refractivity contribution in [1.29, 1.82) is 0 Å². The van der Waals surface area contributed by atoms with Crippen molar-refractivity contribution in [2.75, 3.05) is 6.61 Å². The Morgan fingerprint density at radius 2 is 1.80 bits per heavy atom. The van der Waals surface area contributed by atoms with Crippen LogP contribution in [0.15, 0.2) is 0 Å². The molecule has 1 heteroatoms. The van der Waals surface area contributed by atoms with E-state index in [-0.39, 0.29) is 0 Å². The lowest BCUT2D eigenvalue weighted by atomic mass is 9.50. The summed E-state index contributed by atoms with van der Waals surface area (Å²) >= 11 is 0. The first-order valence-corrected chi connectivity index (χ1v) is 6.60. The molecular formula is C14H24O. The minimum absolute atomic E-state index is 0.291. The van der Waals surface area contributed by atoms with Gasteiger partial charge in [-0.25, -0.2) is 0 Å². The van der Waals surface area contributed by atoms with Gasteiger partial charge < -0.3 is 4.74 Å². The zero-order valence-electron chi connectivity index (χ0n) is 10.4. The van der Waals surface area contributed by atoms with E-state index >= 15 is 0 Å². The third-order valence-corrected chi connectivity index (χ3v) is 5.56. The molecule has 2 saturated carbocycles. The van der Waals surface area contributed by atoms with Gasteiger partial charge in [0.25, 0.3) is 0 Å². The van der Waals surface area contributed by atoms with Crippen molar-refractivity contribution in [2.45, 2.75) is 64.9 Å². The van der Waals surface area contributed by atoms with Gasteiger partial charge in [0, 0.05) is 0 Å². The Kier molecular flexibility index (Phi) is 1.89. The van der Waals surface area contributed by atoms with E-state index in [1.54, 1.807) is 0 Å². The standard InChI is InChI=1S/C14H24O/c1-12(2)5-4-6-14-8-7-13(3,10-15-14)9-11(12)14/h11H,4-10H2,1-3H3. The third-order valence-electron chi connectivity index (χ3n) is 5.56. The lowest BCUT2D eigenvalue weighted by molar-refractivity contribution is -0.252. The van der Waals surface area contributed by atoms with Crippen LogP contribution in [0.3, 0.4) is 0 Å². The summed E-state index contributed by atoms with van der Waals surface area (Å²) in [5, 5.41) is 0. The van der Waals surface area contributed by atoms with E-state index in [2.05, 4.69) is 20.8 Å². The van der Waals surface area contributed by atoms with Gasteiger partial charge in [0.1, 0.15) is 0 Å². The Morgan fingerprint density at radius 1 is 1.00 bits per heavy atom. The molecule has 1 spiro atoms. The van der Waals surface area contributed by atoms with Crippen molar-refractivity contribution in [2.24, 2.45) is 16.7 Å². The first-order valence-electron chi connectivity index (χ1n) is 6.60. The molecule has 2 aliphatic heterocycles. The largest absolute Gasteiger partial charge is 0.374 e. The molecule has 0 amide bonds. The predicted molar refractivity (Wildman–Crippen MR) is 61.8 cm³/mol. The van der Waals surface area contributed by atoms with E-state index in [1.165, 1.54) is 38.5 Å². The monoisotopic (exact) mass is 208 g/mol. The molecular weight excluding hydrogens is 184 g/mol. The van der Waals surface area contributed by atoms with Gasteiger partial charge in [-0.1, -0.05) is 27.2 Å². The zero-order valence-corrected chi connectivity index (χ0v) is 10.4. The van der Waals surface area contributed by atoms with Crippen molar-refractivity contribution in [3.8, 4) is 0 Å². The van der Waals surface area contributed by atoms with Gasteiger partial charge in [0.2, 0.25) is 0 Å². The SMILES string of the molecule is CC12CCC3(CCCC(C)(C)C3C1)OC2. The average Bonchev–Trinajstić information content (AvgIpc) is 2.18. The van der Waals surface area contributed by atoms with Gasteiger partial charge in [0.15, 0.2) is 0 Å². The van der Waals surface area contributed by atoms with Gasteiger partial charge in [-0.2, -0.15) is 0 Å². The van der Waals surface area contributed by atoms with Crippen LogP contribution in [0.4, 0.5) is 0 Å². The maximum Gasteiger partial charge on any atom is 0.0716 e. The molecule has 2 aliphatic carbocycles. The molecule has 86 valence electrons. The first-order chi connectivity index (χ1) is 6.96. The van der Waals surface area contributed by atoms with Gasteiger partial charge >= 0.3 is 0 Å². The summed E-state index contributed by atoms with van der Waals surface area (Å²) in [7, 11) is 0. The summed E-state index contributed by atoms with van der Waals surface area (Å²) in [6.07, 6.45) is 8.26. The summed E-state index contributed by atoms with van der Waals surface area (Å²) < 4.78 is 6.31. The van der Waals surface area contributed by atoms with Crippen LogP contribution in [0.2, 0.25) is 0 Å². The molecule has 0 aromatic carbocycles. The molecule has 3 atom stereocenters. The topological polar surface area (TPSA) is 9.23 Å². The summed E-state index contributed by atoms with van der Waals surface area (Å²) in [6, 6.07) is 0. The highest BCUT2D eigenvalue weighted by Crippen LogP contribution is 2.61. The highest BCUT2D eigenvalue weighted by molar-refractivity contribution is 5.08. The van der Waals surface area contributed by atoms with E-state index in [1.807, 2.05) is 0 Å². The van der Waals surface area contributed by atoms with Crippen LogP contribution in [0, 0.1) is 16.7 Å². The molecule has 2 bridgehead atoms. The zero-order chi connectivity index (χ0) is 10.7. The van der Waals surface area contributed by atoms with Gasteiger partial charge in [-0.05, 0) is 48.9 Å². The van der Waals surface area contributed by atoms with E-state index in [4.69, 9.17) is 4.74 Å². The van der Waals surface area contributed by atoms with Crippen molar-refractivity contribution in [3.63, 3.8) is 0 Å². The highest BCUT2D eigenvalue weighted by Gasteiger charge is 2.59. The smallest absolute Gasteiger partial charge is 0.0716 e. The van der Waals surface area contributed by atoms with Crippen molar-refractivity contribution < 1.29 is 4.74 Å². The number of ether oxygens (including phenoxy) is 1. The lowest BCUT2D eigenvalue weighted by Crippen LogP contribution is -2.61. The predicted octanol–water partition coefficient (Wildman–Crippen LogP) is 3.77. The molecule has 2 saturated heterocycles. The number of hydrogen-bond donors (Lipinski definition) is 0. The molecule has 0 radical (unpaired) electrons. The minimum atomic E-state index is 0.291. The van der Waals surface area contributed by atoms with Gasteiger partial charge in [-0.15, -0.1) is 0 Å². The molecule has 0 aromatic rings. The Bertz CT molecular complexity index is 271. The number of rotatable bonds is 0. The van der Waals surface area contributed by atoms with Gasteiger partial charge in [0.05, 0.1) is 12.2 Å². The Hall–Kier alpha value is -0.0400. The molecule has 0 N–H and O–H groups in total. The number of fused-ring (bicyclic) bond motifs is 2. The fourth-order valence-corrected chi connectivity index (χ4v) is 4.47. The average molecular weight is 208 g/mol. The molecule has 0 aromatic heterocycles. The van der Waals surface area contributed by atoms with Crippen LogP contribution >= 0.6 is 0 Å². The second-order valence-corrected chi connectivity index (χ2v) is 7.26. The summed E-state index contributed by atoms with van der Waals surface area (Å²) in [5.41, 5.74) is 1.31. The second-order valence-electron chi connectivity index (χ2n) is 7.26. The highest BCUT2D eigenvalue weighted by atomic mass is 16.5. The molecule has 4 rings (SSSR count). The van der Waals surface area contributed by atoms with E-state index in [0.717, 1.165) is 12.5 Å². The molecule has 3 unspecified atom stereocenters. The number of hydrogen-bond acceptors (Lipinski definition) is 1. The fraction of sp³-hybridized carbons (Fsp3) is 1.00. The van der Waals surface area contributed by atoms with Crippen molar-refractivity contribution >= 4 is 0 Å². The summed E-state index contributed by atoms with van der Waals surface area (Å²) in [4.78, 5) is 0. The van der Waals surface area contributed by atoms with Gasteiger partial charge in [-0.3, -0.25) is 0 Å². The minimum Gasteiger partial charge on any atom is -0.374 e. The molecule has 4 fully saturated rings. The van der Waals surface area contributed by atoms with Crippen LogP contribution in [-0.4, -0.2) is 12.2 Å². The maximum atomic E-state index is 6.31. The molecule has 4 aliphatic rings. The maximum absolute atomic E-state index is 6.31. The first kappa shape index (κ1) is 10.1. The van der Waals surface area contributed by atoms with E-state index in [9.17, 15) is 0 Å². The Morgan fingerprint density at radius 3 is 2.47 bits per heavy atom. The lowest BCUT2D eigenvalue weighted by Gasteiger charge is -2.63. The second kappa shape index (κ2) is 2.80. The van der Waals surface area contributed by atoms with E-state index in [0.29, 0.717) is 16.4 Å². The van der Waals surface area contributed by atoms with Crippen LogP contribution < -0.4 is 0 Å². The van der Waals surface area contributed by atoms with Crippen LogP contribution in [0.25, 0.3) is 0 Å². The van der Waals surface area contributed by atoms with E-state index < -0.39 is 0 Å². The Labute approximate surface area is 93.6 Å². The molecule has 1 nitrogen and oxygen atoms in total. The fourth-order valence-electron chi connectivity index (χ4n) is 4.47. The molecule has 2 heterocycles. The Balaban J connectivity index is 1.97.